The molecule has 4 heteroatoms. The lowest BCUT2D eigenvalue weighted by molar-refractivity contribution is 1.08. The number of nitrogens with zero attached hydrogens (tertiary/aromatic N) is 4. The minimum atomic E-state index is 0.596. The molecule has 4 nitrogen and oxygen atoms in total. The number of hydrogen-bond donors (Lipinski definition) is 0. The second kappa shape index (κ2) is 10.7. The fraction of sp³-hybridized carbons (Fsp3) is 0. The number of benzene rings is 7. The summed E-state index contributed by atoms with van der Waals surface area (Å²) in [5.41, 5.74) is 5.93. The molecule has 214 valence electrons. The minimum absolute atomic E-state index is 0.596. The first kappa shape index (κ1) is 26.2. The van der Waals surface area contributed by atoms with Gasteiger partial charge in [0.1, 0.15) is 0 Å². The van der Waals surface area contributed by atoms with E-state index in [0.717, 1.165) is 43.9 Å². The predicted molar refractivity (Wildman–Crippen MR) is 189 cm³/mol. The molecule has 2 heterocycles. The van der Waals surface area contributed by atoms with Crippen molar-refractivity contribution in [3.63, 3.8) is 0 Å². The smallest absolute Gasteiger partial charge is 0.166 e. The third-order valence-corrected chi connectivity index (χ3v) is 8.73. The van der Waals surface area contributed by atoms with Crippen molar-refractivity contribution >= 4 is 43.2 Å². The van der Waals surface area contributed by atoms with Gasteiger partial charge < -0.3 is 0 Å². The summed E-state index contributed by atoms with van der Waals surface area (Å²) in [7, 11) is 0. The van der Waals surface area contributed by atoms with Crippen LogP contribution in [0.2, 0.25) is 0 Å². The van der Waals surface area contributed by atoms with E-state index in [1.54, 1.807) is 0 Å². The first-order valence-electron chi connectivity index (χ1n) is 15.4. The molecule has 0 atom stereocenters. The molecule has 0 radical (unpaired) electrons. The molecule has 9 aromatic rings. The van der Waals surface area contributed by atoms with E-state index in [-0.39, 0.29) is 0 Å². The number of hydrogen-bond acceptors (Lipinski definition) is 4. The van der Waals surface area contributed by atoms with Crippen LogP contribution in [0.15, 0.2) is 158 Å². The lowest BCUT2D eigenvalue weighted by atomic mass is 9.95. The van der Waals surface area contributed by atoms with Crippen molar-refractivity contribution in [3.05, 3.63) is 158 Å². The molecule has 0 saturated carbocycles. The lowest BCUT2D eigenvalue weighted by Gasteiger charge is -2.13. The molecule has 9 rings (SSSR count). The average molecular weight is 587 g/mol. The van der Waals surface area contributed by atoms with Crippen LogP contribution >= 0.6 is 0 Å². The molecule has 46 heavy (non-hydrogen) atoms. The number of rotatable bonds is 4. The van der Waals surface area contributed by atoms with Gasteiger partial charge in [-0.1, -0.05) is 133 Å². The van der Waals surface area contributed by atoms with Gasteiger partial charge in [-0.25, -0.2) is 15.0 Å². The summed E-state index contributed by atoms with van der Waals surface area (Å²) < 4.78 is 0. The van der Waals surface area contributed by atoms with E-state index < -0.39 is 0 Å². The van der Waals surface area contributed by atoms with Crippen LogP contribution in [-0.2, 0) is 0 Å². The zero-order valence-corrected chi connectivity index (χ0v) is 24.8. The van der Waals surface area contributed by atoms with Crippen molar-refractivity contribution in [2.75, 3.05) is 0 Å². The highest BCUT2D eigenvalue weighted by molar-refractivity contribution is 6.22. The van der Waals surface area contributed by atoms with E-state index >= 15 is 0 Å². The molecule has 0 saturated heterocycles. The van der Waals surface area contributed by atoms with E-state index in [1.165, 1.54) is 27.1 Å². The molecular weight excluding hydrogens is 560 g/mol. The van der Waals surface area contributed by atoms with E-state index in [0.29, 0.717) is 17.5 Å². The van der Waals surface area contributed by atoms with Crippen molar-refractivity contribution in [2.45, 2.75) is 0 Å². The maximum atomic E-state index is 5.13. The van der Waals surface area contributed by atoms with Crippen LogP contribution in [0.4, 0.5) is 0 Å². The Hall–Kier alpha value is -6.26. The fourth-order valence-electron chi connectivity index (χ4n) is 6.45. The van der Waals surface area contributed by atoms with Gasteiger partial charge in [0.2, 0.25) is 0 Å². The summed E-state index contributed by atoms with van der Waals surface area (Å²) in [4.78, 5) is 20.2. The second-order valence-electron chi connectivity index (χ2n) is 11.5. The summed E-state index contributed by atoms with van der Waals surface area (Å²) in [5.74, 6) is 1.84. The van der Waals surface area contributed by atoms with Gasteiger partial charge in [-0.15, -0.1) is 0 Å². The fourth-order valence-corrected chi connectivity index (χ4v) is 6.45. The Kier molecular flexibility index (Phi) is 6.10. The maximum Gasteiger partial charge on any atom is 0.166 e. The zero-order valence-electron chi connectivity index (χ0n) is 24.8. The van der Waals surface area contributed by atoms with Crippen LogP contribution in [-0.4, -0.2) is 19.9 Å². The van der Waals surface area contributed by atoms with E-state index in [1.807, 2.05) is 18.3 Å². The van der Waals surface area contributed by atoms with E-state index in [4.69, 9.17) is 19.9 Å². The Balaban J connectivity index is 1.28. The summed E-state index contributed by atoms with van der Waals surface area (Å²) in [6.07, 6.45) is 1.84. The maximum absolute atomic E-state index is 5.13. The highest BCUT2D eigenvalue weighted by Crippen LogP contribution is 2.37. The van der Waals surface area contributed by atoms with Crippen LogP contribution in [0, 0.1) is 0 Å². The largest absolute Gasteiger partial charge is 0.255 e. The Morgan fingerprint density at radius 1 is 0.348 bits per heavy atom. The van der Waals surface area contributed by atoms with E-state index in [2.05, 4.69) is 140 Å². The quantitative estimate of drug-likeness (QED) is 0.193. The van der Waals surface area contributed by atoms with Crippen molar-refractivity contribution in [1.82, 2.24) is 19.9 Å². The minimum Gasteiger partial charge on any atom is -0.255 e. The van der Waals surface area contributed by atoms with Crippen LogP contribution in [0.5, 0.6) is 0 Å². The third-order valence-electron chi connectivity index (χ3n) is 8.73. The van der Waals surface area contributed by atoms with Crippen LogP contribution in [0.3, 0.4) is 0 Å². The second-order valence-corrected chi connectivity index (χ2v) is 11.5. The molecule has 0 fully saturated rings. The van der Waals surface area contributed by atoms with Gasteiger partial charge in [-0.2, -0.15) is 0 Å². The molecule has 0 aliphatic rings. The van der Waals surface area contributed by atoms with Gasteiger partial charge in [0.25, 0.3) is 0 Å². The average Bonchev–Trinajstić information content (AvgIpc) is 3.14. The van der Waals surface area contributed by atoms with Gasteiger partial charge in [-0.3, -0.25) is 4.98 Å². The van der Waals surface area contributed by atoms with Gasteiger partial charge in [0.05, 0.1) is 5.52 Å². The molecule has 0 bridgehead atoms. The molecule has 0 aliphatic heterocycles. The topological polar surface area (TPSA) is 51.6 Å². The standard InChI is InChI=1S/C42H26N4/c1-2-9-27(10-3-1)29-16-20-31(21-17-29)40-44-41(34-23-18-28-11-4-5-13-32(28)25-34)46-42(45-40)37-26-33-22-19-30-12-6-7-14-35(30)38(33)36-15-8-24-43-39(36)37/h1-26H. The van der Waals surface area contributed by atoms with Crippen LogP contribution in [0.25, 0.3) is 88.5 Å². The molecule has 2 aromatic heterocycles. The molecule has 7 aromatic carbocycles. The summed E-state index contributed by atoms with van der Waals surface area (Å²) in [5, 5.41) is 8.10. The van der Waals surface area contributed by atoms with Crippen molar-refractivity contribution in [3.8, 4) is 45.3 Å². The normalized spacial score (nSPS) is 11.5. The van der Waals surface area contributed by atoms with Crippen molar-refractivity contribution < 1.29 is 0 Å². The van der Waals surface area contributed by atoms with Gasteiger partial charge in [0.15, 0.2) is 17.5 Å². The number of fused-ring (bicyclic) bond motifs is 6. The van der Waals surface area contributed by atoms with Gasteiger partial charge in [-0.05, 0) is 61.6 Å². The SMILES string of the molecule is c1ccc(-c2ccc(-c3nc(-c4ccc5ccccc5c4)nc(-c4cc5ccc6ccccc6c5c5cccnc45)n3)cc2)cc1. The highest BCUT2D eigenvalue weighted by atomic mass is 15.0. The molecule has 0 unspecified atom stereocenters. The zero-order chi connectivity index (χ0) is 30.5. The monoisotopic (exact) mass is 586 g/mol. The first-order valence-corrected chi connectivity index (χ1v) is 15.4. The van der Waals surface area contributed by atoms with Crippen LogP contribution in [0.1, 0.15) is 0 Å². The third kappa shape index (κ3) is 4.47. The molecule has 0 spiro atoms. The molecule has 0 amide bonds. The predicted octanol–water partition coefficient (Wildman–Crippen LogP) is 10.5. The summed E-state index contributed by atoms with van der Waals surface area (Å²) in [6.45, 7) is 0. The Labute approximate surface area is 265 Å². The Bertz CT molecular complexity index is 2570. The van der Waals surface area contributed by atoms with Crippen LogP contribution < -0.4 is 0 Å². The molecule has 0 aliphatic carbocycles. The molecular formula is C42H26N4. The van der Waals surface area contributed by atoms with Crippen molar-refractivity contribution in [2.24, 2.45) is 0 Å². The summed E-state index contributed by atoms with van der Waals surface area (Å²) in [6, 6.07) is 52.7. The van der Waals surface area contributed by atoms with Crippen molar-refractivity contribution in [1.29, 1.82) is 0 Å². The number of aromatic nitrogens is 4. The molecule has 0 N–H and O–H groups in total. The highest BCUT2D eigenvalue weighted by Gasteiger charge is 2.18. The number of pyridine rings is 1. The summed E-state index contributed by atoms with van der Waals surface area (Å²) >= 11 is 0. The Morgan fingerprint density at radius 2 is 0.935 bits per heavy atom. The lowest BCUT2D eigenvalue weighted by Crippen LogP contribution is -2.01. The van der Waals surface area contributed by atoms with Gasteiger partial charge >= 0.3 is 0 Å². The first-order chi connectivity index (χ1) is 22.8. The van der Waals surface area contributed by atoms with E-state index in [9.17, 15) is 0 Å². The Morgan fingerprint density at radius 3 is 1.78 bits per heavy atom. The van der Waals surface area contributed by atoms with Gasteiger partial charge in [0, 0.05) is 28.3 Å².